The van der Waals surface area contributed by atoms with E-state index in [-0.39, 0.29) is 0 Å². The zero-order valence-corrected chi connectivity index (χ0v) is 14.1. The topological polar surface area (TPSA) is 54.2 Å². The van der Waals surface area contributed by atoms with Crippen molar-refractivity contribution in [2.45, 2.75) is 39.3 Å². The Kier molecular flexibility index (Phi) is 7.17. The Bertz CT molecular complexity index is 589. The number of hydrogen-bond donors (Lipinski definition) is 2. The number of benzene rings is 1. The van der Waals surface area contributed by atoms with Gasteiger partial charge in [0.15, 0.2) is 5.96 Å². The summed E-state index contributed by atoms with van der Waals surface area (Å²) in [5.41, 5.74) is 2.52. The zero-order chi connectivity index (χ0) is 16.3. The van der Waals surface area contributed by atoms with Gasteiger partial charge in [-0.3, -0.25) is 4.99 Å². The van der Waals surface area contributed by atoms with Crippen molar-refractivity contribution in [1.29, 1.82) is 0 Å². The maximum atomic E-state index is 4.27. The van der Waals surface area contributed by atoms with Gasteiger partial charge < -0.3 is 15.2 Å². The van der Waals surface area contributed by atoms with Crippen molar-refractivity contribution < 1.29 is 0 Å². The third kappa shape index (κ3) is 6.14. The van der Waals surface area contributed by atoms with Crippen LogP contribution < -0.4 is 10.6 Å². The van der Waals surface area contributed by atoms with E-state index in [9.17, 15) is 0 Å². The number of aromatic nitrogens is 2. The van der Waals surface area contributed by atoms with E-state index in [1.165, 1.54) is 30.4 Å². The van der Waals surface area contributed by atoms with Crippen LogP contribution in [0.2, 0.25) is 0 Å². The van der Waals surface area contributed by atoms with Gasteiger partial charge in [-0.05, 0) is 17.5 Å². The molecule has 1 heterocycles. The van der Waals surface area contributed by atoms with Crippen LogP contribution in [0.5, 0.6) is 0 Å². The molecule has 0 amide bonds. The molecule has 0 aliphatic rings. The molecule has 5 heteroatoms. The first kappa shape index (κ1) is 17.1. The number of rotatable bonds is 8. The molecule has 2 N–H and O–H groups in total. The molecular formula is C18H27N5. The van der Waals surface area contributed by atoms with E-state index in [1.54, 1.807) is 6.20 Å². The van der Waals surface area contributed by atoms with Gasteiger partial charge >= 0.3 is 0 Å². The van der Waals surface area contributed by atoms with E-state index in [0.29, 0.717) is 0 Å². The highest BCUT2D eigenvalue weighted by Crippen LogP contribution is 2.07. The fraction of sp³-hybridized carbons (Fsp3) is 0.444. The minimum Gasteiger partial charge on any atom is -0.356 e. The lowest BCUT2D eigenvalue weighted by Gasteiger charge is -2.12. The summed E-state index contributed by atoms with van der Waals surface area (Å²) in [5, 5.41) is 6.72. The smallest absolute Gasteiger partial charge is 0.191 e. The molecule has 124 valence electrons. The van der Waals surface area contributed by atoms with E-state index < -0.39 is 0 Å². The van der Waals surface area contributed by atoms with Crippen LogP contribution in [0.3, 0.4) is 0 Å². The minimum atomic E-state index is 0.769. The van der Waals surface area contributed by atoms with Gasteiger partial charge in [0.1, 0.15) is 0 Å². The largest absolute Gasteiger partial charge is 0.356 e. The monoisotopic (exact) mass is 313 g/mol. The summed E-state index contributed by atoms with van der Waals surface area (Å²) in [5.74, 6) is 0.862. The van der Waals surface area contributed by atoms with Gasteiger partial charge in [0.25, 0.3) is 0 Å². The van der Waals surface area contributed by atoms with Crippen LogP contribution in [-0.4, -0.2) is 29.1 Å². The van der Waals surface area contributed by atoms with Crippen molar-refractivity contribution in [2.75, 3.05) is 13.6 Å². The van der Waals surface area contributed by atoms with E-state index >= 15 is 0 Å². The van der Waals surface area contributed by atoms with Crippen LogP contribution in [0.4, 0.5) is 0 Å². The number of nitrogens with zero attached hydrogens (tertiary/aromatic N) is 3. The maximum Gasteiger partial charge on any atom is 0.191 e. The first-order valence-electron chi connectivity index (χ1n) is 8.30. The van der Waals surface area contributed by atoms with Crippen LogP contribution in [0.15, 0.2) is 48.0 Å². The quantitative estimate of drug-likeness (QED) is 0.448. The number of aliphatic imine (C=N–C) groups is 1. The molecule has 5 nitrogen and oxygen atoms in total. The molecule has 0 saturated carbocycles. The van der Waals surface area contributed by atoms with Crippen molar-refractivity contribution in [3.8, 4) is 0 Å². The number of hydrogen-bond acceptors (Lipinski definition) is 2. The van der Waals surface area contributed by atoms with Crippen LogP contribution in [0.1, 0.15) is 37.3 Å². The van der Waals surface area contributed by atoms with Crippen LogP contribution >= 0.6 is 0 Å². The third-order valence-corrected chi connectivity index (χ3v) is 3.67. The normalized spacial score (nSPS) is 11.5. The predicted octanol–water partition coefficient (Wildman–Crippen LogP) is 2.79. The Morgan fingerprint density at radius 2 is 2.09 bits per heavy atom. The van der Waals surface area contributed by atoms with Crippen LogP contribution in [0, 0.1) is 0 Å². The molecule has 0 radical (unpaired) electrons. The highest BCUT2D eigenvalue weighted by atomic mass is 15.2. The molecule has 0 aliphatic heterocycles. The van der Waals surface area contributed by atoms with Crippen molar-refractivity contribution in [2.24, 2.45) is 4.99 Å². The fourth-order valence-electron chi connectivity index (χ4n) is 2.42. The molecule has 0 fully saturated rings. The summed E-state index contributed by atoms with van der Waals surface area (Å²) in [6.07, 6.45) is 9.29. The third-order valence-electron chi connectivity index (χ3n) is 3.67. The van der Waals surface area contributed by atoms with Gasteiger partial charge in [-0.15, -0.1) is 0 Å². The molecule has 0 aliphatic carbocycles. The van der Waals surface area contributed by atoms with Gasteiger partial charge in [0, 0.05) is 39.1 Å². The van der Waals surface area contributed by atoms with E-state index in [1.807, 2.05) is 19.6 Å². The highest BCUT2D eigenvalue weighted by molar-refractivity contribution is 5.79. The predicted molar refractivity (Wildman–Crippen MR) is 95.5 cm³/mol. The summed E-state index contributed by atoms with van der Waals surface area (Å²) in [4.78, 5) is 8.35. The molecule has 2 aromatic rings. The summed E-state index contributed by atoms with van der Waals surface area (Å²) < 4.78 is 2.07. The summed E-state index contributed by atoms with van der Waals surface area (Å²) in [7, 11) is 1.81. The summed E-state index contributed by atoms with van der Waals surface area (Å²) in [6, 6.07) is 8.59. The minimum absolute atomic E-state index is 0.769. The SMILES string of the molecule is CCCCCNC(=NC)NCc1cccc(Cn2ccnc2)c1. The molecule has 0 atom stereocenters. The Morgan fingerprint density at radius 1 is 1.22 bits per heavy atom. The van der Waals surface area contributed by atoms with Gasteiger partial charge in [0.2, 0.25) is 0 Å². The van der Waals surface area contributed by atoms with E-state index in [0.717, 1.165) is 25.6 Å². The Balaban J connectivity index is 1.82. The molecule has 1 aromatic heterocycles. The van der Waals surface area contributed by atoms with Gasteiger partial charge in [-0.2, -0.15) is 0 Å². The van der Waals surface area contributed by atoms with Gasteiger partial charge in [0.05, 0.1) is 6.33 Å². The molecular weight excluding hydrogens is 286 g/mol. The van der Waals surface area contributed by atoms with Crippen molar-refractivity contribution in [1.82, 2.24) is 20.2 Å². The number of imidazole rings is 1. The number of nitrogens with one attached hydrogen (secondary N) is 2. The average molecular weight is 313 g/mol. The lowest BCUT2D eigenvalue weighted by atomic mass is 10.1. The molecule has 23 heavy (non-hydrogen) atoms. The van der Waals surface area contributed by atoms with Crippen molar-refractivity contribution in [3.05, 3.63) is 54.1 Å². The second-order valence-electron chi connectivity index (χ2n) is 5.61. The molecule has 0 saturated heterocycles. The number of guanidine groups is 1. The lowest BCUT2D eigenvalue weighted by Crippen LogP contribution is -2.37. The molecule has 0 bridgehead atoms. The summed E-state index contributed by atoms with van der Waals surface area (Å²) in [6.45, 7) is 4.79. The molecule has 0 unspecified atom stereocenters. The van der Waals surface area contributed by atoms with Gasteiger partial charge in [-0.1, -0.05) is 44.0 Å². The first-order valence-corrected chi connectivity index (χ1v) is 8.30. The van der Waals surface area contributed by atoms with Crippen molar-refractivity contribution >= 4 is 5.96 Å². The van der Waals surface area contributed by atoms with Crippen LogP contribution in [-0.2, 0) is 13.1 Å². The fourth-order valence-corrected chi connectivity index (χ4v) is 2.42. The maximum absolute atomic E-state index is 4.27. The lowest BCUT2D eigenvalue weighted by molar-refractivity contribution is 0.682. The molecule has 1 aromatic carbocycles. The summed E-state index contributed by atoms with van der Waals surface area (Å²) >= 11 is 0. The van der Waals surface area contributed by atoms with E-state index in [2.05, 4.69) is 56.4 Å². The number of unbranched alkanes of at least 4 members (excludes halogenated alkanes) is 2. The standard InChI is InChI=1S/C18H27N5/c1-3-4-5-9-21-18(19-2)22-13-16-7-6-8-17(12-16)14-23-11-10-20-15-23/h6-8,10-12,15H,3-5,9,13-14H2,1-2H3,(H2,19,21,22). The zero-order valence-electron chi connectivity index (χ0n) is 14.1. The second kappa shape index (κ2) is 9.66. The second-order valence-corrected chi connectivity index (χ2v) is 5.61. The van der Waals surface area contributed by atoms with Crippen molar-refractivity contribution in [3.63, 3.8) is 0 Å². The highest BCUT2D eigenvalue weighted by Gasteiger charge is 2.00. The van der Waals surface area contributed by atoms with Crippen LogP contribution in [0.25, 0.3) is 0 Å². The molecule has 2 rings (SSSR count). The van der Waals surface area contributed by atoms with E-state index in [4.69, 9.17) is 0 Å². The Labute approximate surface area is 138 Å². The Hall–Kier alpha value is -2.30. The molecule has 0 spiro atoms. The van der Waals surface area contributed by atoms with Gasteiger partial charge in [-0.25, -0.2) is 4.98 Å². The first-order chi connectivity index (χ1) is 11.3. The Morgan fingerprint density at radius 3 is 2.83 bits per heavy atom. The average Bonchev–Trinajstić information content (AvgIpc) is 3.07.